The van der Waals surface area contributed by atoms with Crippen LogP contribution in [-0.2, 0) is 25.5 Å². The average Bonchev–Trinajstić information content (AvgIpc) is 3.49. The number of carbonyl (C=O) groups is 4. The summed E-state index contributed by atoms with van der Waals surface area (Å²) in [5, 5.41) is 7.98. The molecule has 3 N–H and O–H groups in total. The first-order valence-corrected chi connectivity index (χ1v) is 11.1. The molecule has 0 aromatic heterocycles. The van der Waals surface area contributed by atoms with Crippen molar-refractivity contribution in [1.29, 1.82) is 0 Å². The van der Waals surface area contributed by atoms with Crippen LogP contribution in [0.5, 0.6) is 0 Å². The van der Waals surface area contributed by atoms with Gasteiger partial charge in [-0.2, -0.15) is 0 Å². The number of alkyl carbamates (subject to hydrolysis) is 1. The summed E-state index contributed by atoms with van der Waals surface area (Å²) in [6, 6.07) is 7.25. The first kappa shape index (κ1) is 25.4. The predicted molar refractivity (Wildman–Crippen MR) is 121 cm³/mol. The lowest BCUT2D eigenvalue weighted by atomic mass is 9.99. The third kappa shape index (κ3) is 9.08. The molecule has 1 aliphatic rings. The normalized spacial score (nSPS) is 15.4. The average molecular weight is 446 g/mol. The van der Waals surface area contributed by atoms with Gasteiger partial charge in [-0.3, -0.25) is 14.4 Å². The third-order valence-electron chi connectivity index (χ3n) is 4.77. The Morgan fingerprint density at radius 1 is 1.00 bits per heavy atom. The van der Waals surface area contributed by atoms with Crippen LogP contribution in [-0.4, -0.2) is 47.4 Å². The number of hydrogen-bond acceptors (Lipinski definition) is 5. The molecule has 8 nitrogen and oxygen atoms in total. The van der Waals surface area contributed by atoms with Crippen molar-refractivity contribution < 1.29 is 23.9 Å². The number of rotatable bonds is 10. The number of nitrogens with one attached hydrogen (secondary N) is 3. The van der Waals surface area contributed by atoms with E-state index in [-0.39, 0.29) is 18.4 Å². The standard InChI is InChI=1S/C24H35N3O5/c1-15(2)13-19(27-23(31)32-24(3,4)5)21(29)26-18(14-16-9-7-6-8-10-16)20(28)22(30)25-17-11-12-17/h6-10,15,17-19H,11-14H2,1-5H3,(H,25,30)(H,26,29)(H,27,31)/t18-,19-/m0/s1. The van der Waals surface area contributed by atoms with Crippen molar-refractivity contribution in [3.8, 4) is 0 Å². The van der Waals surface area contributed by atoms with Gasteiger partial charge in [-0.25, -0.2) is 4.79 Å². The fourth-order valence-corrected chi connectivity index (χ4v) is 3.13. The molecule has 0 bridgehead atoms. The van der Waals surface area contributed by atoms with Crippen molar-refractivity contribution in [3.05, 3.63) is 35.9 Å². The molecule has 3 amide bonds. The van der Waals surface area contributed by atoms with Crippen molar-refractivity contribution in [3.63, 3.8) is 0 Å². The summed E-state index contributed by atoms with van der Waals surface area (Å²) >= 11 is 0. The molecule has 0 radical (unpaired) electrons. The Labute approximate surface area is 189 Å². The van der Waals surface area contributed by atoms with E-state index >= 15 is 0 Å². The van der Waals surface area contributed by atoms with Crippen LogP contribution in [0.1, 0.15) is 59.4 Å². The van der Waals surface area contributed by atoms with E-state index in [1.165, 1.54) is 0 Å². The summed E-state index contributed by atoms with van der Waals surface area (Å²) in [5.74, 6) is -1.83. The van der Waals surface area contributed by atoms with E-state index in [1.807, 2.05) is 44.2 Å². The van der Waals surface area contributed by atoms with Gasteiger partial charge in [0.2, 0.25) is 11.7 Å². The highest BCUT2D eigenvalue weighted by Crippen LogP contribution is 2.18. The second kappa shape index (κ2) is 11.1. The molecule has 8 heteroatoms. The fraction of sp³-hybridized carbons (Fsp3) is 0.583. The molecule has 1 aromatic carbocycles. The lowest BCUT2D eigenvalue weighted by Gasteiger charge is -2.26. The van der Waals surface area contributed by atoms with Gasteiger partial charge in [0.1, 0.15) is 17.7 Å². The van der Waals surface area contributed by atoms with Crippen LogP contribution in [0.3, 0.4) is 0 Å². The van der Waals surface area contributed by atoms with Crippen molar-refractivity contribution in [2.45, 2.75) is 84.0 Å². The van der Waals surface area contributed by atoms with Crippen LogP contribution >= 0.6 is 0 Å². The van der Waals surface area contributed by atoms with E-state index in [9.17, 15) is 19.2 Å². The SMILES string of the molecule is CC(C)C[C@H](NC(=O)OC(C)(C)C)C(=O)N[C@@H](Cc1ccccc1)C(=O)C(=O)NC1CC1. The zero-order valence-corrected chi connectivity index (χ0v) is 19.6. The summed E-state index contributed by atoms with van der Waals surface area (Å²) in [6.07, 6.45) is 1.52. The number of benzene rings is 1. The highest BCUT2D eigenvalue weighted by atomic mass is 16.6. The molecule has 0 aliphatic heterocycles. The van der Waals surface area contributed by atoms with Crippen molar-refractivity contribution in [1.82, 2.24) is 16.0 Å². The van der Waals surface area contributed by atoms with E-state index in [2.05, 4.69) is 16.0 Å². The van der Waals surface area contributed by atoms with Gasteiger partial charge in [0.15, 0.2) is 0 Å². The Kier molecular flexibility index (Phi) is 8.80. The molecule has 1 fully saturated rings. The molecule has 0 heterocycles. The lowest BCUT2D eigenvalue weighted by molar-refractivity contribution is -0.140. The molecule has 2 atom stereocenters. The second-order valence-electron chi connectivity index (χ2n) is 9.69. The Morgan fingerprint density at radius 3 is 2.16 bits per heavy atom. The van der Waals surface area contributed by atoms with Gasteiger partial charge < -0.3 is 20.7 Å². The minimum atomic E-state index is -1.04. The summed E-state index contributed by atoms with van der Waals surface area (Å²) in [6.45, 7) is 9.05. The number of ketones is 1. The van der Waals surface area contributed by atoms with Crippen molar-refractivity contribution in [2.24, 2.45) is 5.92 Å². The van der Waals surface area contributed by atoms with Gasteiger partial charge in [-0.15, -0.1) is 0 Å². The van der Waals surface area contributed by atoms with Crippen LogP contribution in [0.4, 0.5) is 4.79 Å². The van der Waals surface area contributed by atoms with E-state index in [4.69, 9.17) is 4.74 Å². The van der Waals surface area contributed by atoms with Crippen LogP contribution in [0, 0.1) is 5.92 Å². The van der Waals surface area contributed by atoms with E-state index in [0.717, 1.165) is 18.4 Å². The molecule has 1 aromatic rings. The Bertz CT molecular complexity index is 813. The molecule has 1 saturated carbocycles. The summed E-state index contributed by atoms with van der Waals surface area (Å²) in [7, 11) is 0. The number of carbonyl (C=O) groups excluding carboxylic acids is 4. The van der Waals surface area contributed by atoms with Crippen LogP contribution in [0.25, 0.3) is 0 Å². The maximum absolute atomic E-state index is 13.1. The van der Waals surface area contributed by atoms with Gasteiger partial charge in [-0.1, -0.05) is 44.2 Å². The molecule has 1 aliphatic carbocycles. The molecule has 176 valence electrons. The van der Waals surface area contributed by atoms with Crippen LogP contribution in [0.2, 0.25) is 0 Å². The van der Waals surface area contributed by atoms with E-state index in [1.54, 1.807) is 20.8 Å². The predicted octanol–water partition coefficient (Wildman–Crippen LogP) is 2.50. The fourth-order valence-electron chi connectivity index (χ4n) is 3.13. The maximum Gasteiger partial charge on any atom is 0.408 e. The largest absolute Gasteiger partial charge is 0.444 e. The number of hydrogen-bond donors (Lipinski definition) is 3. The summed E-state index contributed by atoms with van der Waals surface area (Å²) in [5.41, 5.74) is 0.0984. The quantitative estimate of drug-likeness (QED) is 0.479. The number of ether oxygens (including phenoxy) is 1. The highest BCUT2D eigenvalue weighted by Gasteiger charge is 2.33. The molecule has 32 heavy (non-hydrogen) atoms. The van der Waals surface area contributed by atoms with Gasteiger partial charge in [0.25, 0.3) is 5.91 Å². The Hall–Kier alpha value is -2.90. The first-order chi connectivity index (χ1) is 14.9. The lowest BCUT2D eigenvalue weighted by Crippen LogP contribution is -2.55. The highest BCUT2D eigenvalue weighted by molar-refractivity contribution is 6.38. The second-order valence-corrected chi connectivity index (χ2v) is 9.69. The molecule has 0 unspecified atom stereocenters. The summed E-state index contributed by atoms with van der Waals surface area (Å²) in [4.78, 5) is 50.6. The number of amides is 3. The summed E-state index contributed by atoms with van der Waals surface area (Å²) < 4.78 is 5.28. The first-order valence-electron chi connectivity index (χ1n) is 11.1. The van der Waals surface area contributed by atoms with E-state index in [0.29, 0.717) is 6.42 Å². The van der Waals surface area contributed by atoms with Gasteiger partial charge >= 0.3 is 6.09 Å². The zero-order valence-electron chi connectivity index (χ0n) is 19.6. The van der Waals surface area contributed by atoms with Gasteiger partial charge in [-0.05, 0) is 51.5 Å². The maximum atomic E-state index is 13.1. The van der Waals surface area contributed by atoms with Crippen molar-refractivity contribution in [2.75, 3.05) is 0 Å². The van der Waals surface area contributed by atoms with Crippen LogP contribution in [0.15, 0.2) is 30.3 Å². The minimum Gasteiger partial charge on any atom is -0.444 e. The molecule has 2 rings (SSSR count). The number of Topliss-reactive ketones (excluding diaryl/α,β-unsaturated/α-hetero) is 1. The third-order valence-corrected chi connectivity index (χ3v) is 4.77. The minimum absolute atomic E-state index is 0.0297. The molecular weight excluding hydrogens is 410 g/mol. The zero-order chi connectivity index (χ0) is 23.9. The Morgan fingerprint density at radius 2 is 1.62 bits per heavy atom. The smallest absolute Gasteiger partial charge is 0.408 e. The topological polar surface area (TPSA) is 114 Å². The monoisotopic (exact) mass is 445 g/mol. The van der Waals surface area contributed by atoms with Crippen molar-refractivity contribution >= 4 is 23.7 Å². The Balaban J connectivity index is 2.14. The van der Waals surface area contributed by atoms with Gasteiger partial charge in [0.05, 0.1) is 0 Å². The molecule has 0 saturated heterocycles. The van der Waals surface area contributed by atoms with Gasteiger partial charge in [0, 0.05) is 12.5 Å². The molecule has 0 spiro atoms. The molecular formula is C24H35N3O5. The van der Waals surface area contributed by atoms with Crippen LogP contribution < -0.4 is 16.0 Å². The van der Waals surface area contributed by atoms with E-state index < -0.39 is 41.4 Å².